The minimum absolute atomic E-state index is 0.582. The van der Waals surface area contributed by atoms with Gasteiger partial charge in [-0.2, -0.15) is 0 Å². The lowest BCUT2D eigenvalue weighted by molar-refractivity contribution is -0.324. The molecular formula is C43H56N6O16Si. The highest BCUT2D eigenvalue weighted by molar-refractivity contribution is 6.99. The fraction of sp³-hybridized carbons (Fsp3) is 0.605. The van der Waals surface area contributed by atoms with E-state index in [1.807, 2.05) is 81.4 Å². The van der Waals surface area contributed by atoms with Crippen molar-refractivity contribution >= 4 is 48.5 Å². The van der Waals surface area contributed by atoms with Gasteiger partial charge in [-0.25, -0.2) is 4.79 Å². The van der Waals surface area contributed by atoms with E-state index in [1.165, 1.54) is 0 Å². The topological polar surface area (TPSA) is 284 Å². The van der Waals surface area contributed by atoms with E-state index in [-0.39, 0.29) is 0 Å². The molecule has 3 aliphatic rings. The van der Waals surface area contributed by atoms with Crippen LogP contribution < -0.4 is 10.4 Å². The fourth-order valence-corrected chi connectivity index (χ4v) is 13.2. The van der Waals surface area contributed by atoms with Crippen molar-refractivity contribution in [3.8, 4) is 0 Å². The highest BCUT2D eigenvalue weighted by Gasteiger charge is 2.62. The molecule has 2 aromatic rings. The largest absolute Gasteiger partial charge is 0.465 e. The number of fused-ring (bicyclic) bond motifs is 1. The van der Waals surface area contributed by atoms with Gasteiger partial charge < -0.3 is 51.8 Å². The molecule has 3 fully saturated rings. The van der Waals surface area contributed by atoms with Crippen LogP contribution in [0.4, 0.5) is 0 Å². The van der Waals surface area contributed by atoms with E-state index >= 15 is 0 Å². The first kappa shape index (κ1) is 51.4. The highest BCUT2D eigenvalue weighted by atomic mass is 28.4. The number of carbonyl (C=O) groups is 5. The number of benzene rings is 2. The second-order valence-electron chi connectivity index (χ2n) is 17.3. The molecular weight excluding hydrogens is 885 g/mol. The Bertz CT molecular complexity index is 2130. The summed E-state index contributed by atoms with van der Waals surface area (Å²) in [5.74, 6) is -8.64. The van der Waals surface area contributed by atoms with Crippen LogP contribution in [0, 0.1) is 0 Å². The normalized spacial score (nSPS) is 27.8. The van der Waals surface area contributed by atoms with Crippen LogP contribution in [0.1, 0.15) is 68.7 Å². The second kappa shape index (κ2) is 21.3. The van der Waals surface area contributed by atoms with Gasteiger partial charge in [0.1, 0.15) is 49.2 Å². The lowest BCUT2D eigenvalue weighted by Gasteiger charge is -2.50. The van der Waals surface area contributed by atoms with E-state index in [0.717, 1.165) is 45.2 Å². The van der Waals surface area contributed by atoms with Crippen LogP contribution in [-0.4, -0.2) is 131 Å². The summed E-state index contributed by atoms with van der Waals surface area (Å²) < 4.78 is 66.9. The van der Waals surface area contributed by atoms with E-state index in [2.05, 4.69) is 20.1 Å². The molecule has 2 aromatic carbocycles. The van der Waals surface area contributed by atoms with Crippen LogP contribution in [0.3, 0.4) is 0 Å². The van der Waals surface area contributed by atoms with Crippen LogP contribution in [0.5, 0.6) is 0 Å². The number of esters is 5. The van der Waals surface area contributed by atoms with Crippen LogP contribution in [0.15, 0.2) is 70.9 Å². The van der Waals surface area contributed by atoms with Crippen molar-refractivity contribution in [1.29, 1.82) is 0 Å². The summed E-state index contributed by atoms with van der Waals surface area (Å²) in [6.45, 7) is 12.4. The summed E-state index contributed by atoms with van der Waals surface area (Å²) in [6.07, 6.45) is -12.2. The van der Waals surface area contributed by atoms with Crippen LogP contribution >= 0.6 is 0 Å². The van der Waals surface area contributed by atoms with Gasteiger partial charge in [0.15, 0.2) is 24.3 Å². The quantitative estimate of drug-likeness (QED) is 0.0536. The molecule has 358 valence electrons. The summed E-state index contributed by atoms with van der Waals surface area (Å²) in [7, 11) is -2.44. The van der Waals surface area contributed by atoms with Gasteiger partial charge in [0.05, 0.1) is 20.1 Å². The first-order valence-electron chi connectivity index (χ1n) is 21.1. The van der Waals surface area contributed by atoms with Gasteiger partial charge in [-0.1, -0.05) is 91.7 Å². The molecule has 0 aromatic heterocycles. The fourth-order valence-electron chi connectivity index (χ4n) is 8.66. The number of methoxy groups -OCH3 is 1. The molecule has 11 atom stereocenters. The monoisotopic (exact) mass is 940 g/mol. The van der Waals surface area contributed by atoms with Gasteiger partial charge in [0, 0.05) is 37.5 Å². The molecule has 5 rings (SSSR count). The molecule has 0 N–H and O–H groups in total. The molecule has 22 nitrogen and oxygen atoms in total. The smallest absolute Gasteiger partial charge is 0.366 e. The summed E-state index contributed by atoms with van der Waals surface area (Å²) in [5.41, 5.74) is 19.7. The molecule has 66 heavy (non-hydrogen) atoms. The zero-order valence-electron chi connectivity index (χ0n) is 38.4. The van der Waals surface area contributed by atoms with E-state index in [0.29, 0.717) is 0 Å². The standard InChI is InChI=1S/C43H56N6O16Si/c1-24(50)56-22-31(59-26(3)52)35(60-27(4)53)37-33(46-48-44)30(58-25(2)51)21-43(64-37,40(54)55-10)57-23-32-36-38(63-42(8,9)62-36)34(47-49-45)39(61-32)65-66(41(5,6)7,28-17-13-11-14-18-28)29-19-15-12-16-20-29/h11-20,30-39H,21-23H2,1-10H3/t30-,31+,32+,33+,34+,35+,36-,37+,38+,39-,43+/m0/s1. The molecule has 23 heteroatoms. The zero-order valence-corrected chi connectivity index (χ0v) is 39.4. The zero-order chi connectivity index (χ0) is 48.6. The molecule has 0 aliphatic carbocycles. The van der Waals surface area contributed by atoms with E-state index < -0.39 is 136 Å². The Morgan fingerprint density at radius 1 is 0.803 bits per heavy atom. The lowest BCUT2D eigenvalue weighted by atomic mass is 9.88. The molecule has 3 aliphatic heterocycles. The molecule has 0 saturated carbocycles. The molecule has 0 unspecified atom stereocenters. The Labute approximate surface area is 382 Å². The van der Waals surface area contributed by atoms with Crippen molar-refractivity contribution in [1.82, 2.24) is 0 Å². The number of hydrogen-bond acceptors (Lipinski definition) is 18. The Morgan fingerprint density at radius 2 is 1.36 bits per heavy atom. The van der Waals surface area contributed by atoms with Crippen LogP contribution in [0.25, 0.3) is 20.9 Å². The Hall–Kier alpha value is -5.61. The van der Waals surface area contributed by atoms with Crippen LogP contribution in [0.2, 0.25) is 5.04 Å². The maximum absolute atomic E-state index is 14.2. The second-order valence-corrected chi connectivity index (χ2v) is 21.5. The molecule has 0 amide bonds. The third-order valence-corrected chi connectivity index (χ3v) is 16.1. The van der Waals surface area contributed by atoms with Crippen LogP contribution in [-0.2, 0) is 75.8 Å². The van der Waals surface area contributed by atoms with E-state index in [9.17, 15) is 35.0 Å². The SMILES string of the molecule is COC(=O)[C@@]1(OC[C@H]2O[C@@H](O[Si](c3ccccc3)(c3ccccc3)C(C)(C)C)[C@H](N=[N+]=[N-])[C@H]3OC(C)(C)O[C@H]32)C[C@H](OC(C)=O)[C@@H](N=[N+]=[N-])[C@H]([C@H](OC(C)=O)[C@@H](COC(C)=O)OC(C)=O)O1. The number of carbonyl (C=O) groups excluding carboxylic acids is 5. The maximum Gasteiger partial charge on any atom is 0.366 e. The van der Waals surface area contributed by atoms with Crippen molar-refractivity contribution in [3.05, 3.63) is 81.5 Å². The van der Waals surface area contributed by atoms with Gasteiger partial charge in [-0.15, -0.1) is 0 Å². The van der Waals surface area contributed by atoms with Gasteiger partial charge in [-0.3, -0.25) is 19.2 Å². The summed E-state index contributed by atoms with van der Waals surface area (Å²) in [4.78, 5) is 70.0. The van der Waals surface area contributed by atoms with Gasteiger partial charge >= 0.3 is 29.8 Å². The third-order valence-electron chi connectivity index (χ3n) is 11.1. The van der Waals surface area contributed by atoms with E-state index in [4.69, 9.17) is 51.8 Å². The number of ether oxygens (including phenoxy) is 10. The van der Waals surface area contributed by atoms with Gasteiger partial charge in [0.25, 0.3) is 14.1 Å². The van der Waals surface area contributed by atoms with Crippen molar-refractivity contribution in [2.45, 2.75) is 146 Å². The summed E-state index contributed by atoms with van der Waals surface area (Å²) >= 11 is 0. The highest BCUT2D eigenvalue weighted by Crippen LogP contribution is 2.45. The van der Waals surface area contributed by atoms with Crippen molar-refractivity contribution < 1.29 is 75.8 Å². The first-order valence-corrected chi connectivity index (χ1v) is 23.0. The van der Waals surface area contributed by atoms with Crippen molar-refractivity contribution in [3.63, 3.8) is 0 Å². The Balaban J connectivity index is 1.65. The summed E-state index contributed by atoms with van der Waals surface area (Å²) in [6, 6.07) is 16.5. The maximum atomic E-state index is 14.2. The average molecular weight is 941 g/mol. The van der Waals surface area contributed by atoms with Gasteiger partial charge in [0.2, 0.25) is 0 Å². The molecule has 0 bridgehead atoms. The molecule has 0 spiro atoms. The predicted molar refractivity (Wildman–Crippen MR) is 231 cm³/mol. The minimum atomic E-state index is -3.46. The Morgan fingerprint density at radius 3 is 1.86 bits per heavy atom. The average Bonchev–Trinajstić information content (AvgIpc) is 3.58. The first-order chi connectivity index (χ1) is 31.1. The minimum Gasteiger partial charge on any atom is -0.465 e. The lowest BCUT2D eigenvalue weighted by Crippen LogP contribution is -2.71. The third kappa shape index (κ3) is 11.5. The Kier molecular flexibility index (Phi) is 16.6. The number of rotatable bonds is 17. The molecule has 0 radical (unpaired) electrons. The van der Waals surface area contributed by atoms with E-state index in [1.54, 1.807) is 13.8 Å². The molecule has 3 heterocycles. The van der Waals surface area contributed by atoms with Crippen molar-refractivity contribution in [2.24, 2.45) is 10.2 Å². The number of azide groups is 2. The number of nitrogens with zero attached hydrogens (tertiary/aromatic N) is 6. The molecule has 3 saturated heterocycles. The van der Waals surface area contributed by atoms with Gasteiger partial charge in [-0.05, 0) is 40.3 Å². The summed E-state index contributed by atoms with van der Waals surface area (Å²) in [5, 5.41) is 9.14. The predicted octanol–water partition coefficient (Wildman–Crippen LogP) is 4.20. The van der Waals surface area contributed by atoms with Crippen molar-refractivity contribution in [2.75, 3.05) is 20.3 Å². The number of hydrogen-bond donors (Lipinski definition) is 0.